The molecule has 0 N–H and O–H groups in total. The number of hydrogen-bond donors (Lipinski definition) is 0. The molecule has 0 radical (unpaired) electrons. The maximum atomic E-state index is 3.84. The predicted molar refractivity (Wildman–Crippen MR) is 70.5 cm³/mol. The average molecular weight is 225 g/mol. The van der Waals surface area contributed by atoms with Crippen molar-refractivity contribution in [1.82, 2.24) is 4.57 Å². The summed E-state index contributed by atoms with van der Waals surface area (Å²) in [6, 6.07) is 8.32. The van der Waals surface area contributed by atoms with Crippen LogP contribution in [0.2, 0.25) is 0 Å². The summed E-state index contributed by atoms with van der Waals surface area (Å²) < 4.78 is 4.26. The van der Waals surface area contributed by atoms with Gasteiger partial charge in [-0.1, -0.05) is 49.6 Å². The second-order valence-corrected chi connectivity index (χ2v) is 3.97. The minimum absolute atomic E-state index is 0.843. The van der Waals surface area contributed by atoms with Crippen LogP contribution in [0, 0.1) is 0 Å². The molecule has 2 rings (SSSR count). The summed E-state index contributed by atoms with van der Waals surface area (Å²) in [6.45, 7) is 9.28. The number of nitrogens with zero attached hydrogens (tertiary/aromatic N) is 2. The van der Waals surface area contributed by atoms with Crippen LogP contribution in [0.4, 0.5) is 0 Å². The third kappa shape index (κ3) is 2.72. The molecule has 0 atom stereocenters. The monoisotopic (exact) mass is 225 g/mol. The third-order valence-electron chi connectivity index (χ3n) is 2.71. The molecule has 86 valence electrons. The first kappa shape index (κ1) is 11.4. The van der Waals surface area contributed by atoms with Crippen LogP contribution in [0.15, 0.2) is 62.2 Å². The number of rotatable bonds is 5. The lowest BCUT2D eigenvalue weighted by molar-refractivity contribution is -0.687. The summed E-state index contributed by atoms with van der Waals surface area (Å²) in [4.78, 5) is 0. The minimum atomic E-state index is 0.843. The number of benzene rings is 1. The van der Waals surface area contributed by atoms with Crippen molar-refractivity contribution in [2.24, 2.45) is 0 Å². The zero-order chi connectivity index (χ0) is 12.1. The molecule has 1 aromatic heterocycles. The standard InChI is InChI=1S/C15H17N2/c1-3-9-16-10-11-17(13-16)12-15-8-6-5-7-14(15)4-2/h3-8,10-11,13H,1-2,9,12H2/q+1. The van der Waals surface area contributed by atoms with Gasteiger partial charge in [0.05, 0.1) is 0 Å². The summed E-state index contributed by atoms with van der Waals surface area (Å²) in [5.74, 6) is 0. The molecule has 1 heterocycles. The first-order chi connectivity index (χ1) is 8.33. The first-order valence-electron chi connectivity index (χ1n) is 5.69. The highest BCUT2D eigenvalue weighted by atomic mass is 15.1. The molecule has 0 fully saturated rings. The van der Waals surface area contributed by atoms with Gasteiger partial charge < -0.3 is 0 Å². The van der Waals surface area contributed by atoms with Gasteiger partial charge in [-0.25, -0.2) is 9.13 Å². The van der Waals surface area contributed by atoms with Crippen molar-refractivity contribution in [3.8, 4) is 0 Å². The number of hydrogen-bond acceptors (Lipinski definition) is 0. The van der Waals surface area contributed by atoms with Crippen molar-refractivity contribution < 1.29 is 4.57 Å². The molecule has 2 aromatic rings. The van der Waals surface area contributed by atoms with Crippen LogP contribution in [0.1, 0.15) is 11.1 Å². The lowest BCUT2D eigenvalue weighted by atomic mass is 10.1. The second-order valence-electron chi connectivity index (χ2n) is 3.97. The van der Waals surface area contributed by atoms with Crippen LogP contribution in [-0.4, -0.2) is 4.57 Å². The average Bonchev–Trinajstić information content (AvgIpc) is 2.78. The molecule has 0 aliphatic rings. The van der Waals surface area contributed by atoms with E-state index in [2.05, 4.69) is 59.2 Å². The highest BCUT2D eigenvalue weighted by Gasteiger charge is 2.05. The lowest BCUT2D eigenvalue weighted by Gasteiger charge is -2.02. The Balaban J connectivity index is 2.19. The van der Waals surface area contributed by atoms with Gasteiger partial charge in [0.1, 0.15) is 25.5 Å². The molecule has 0 unspecified atom stereocenters. The summed E-state index contributed by atoms with van der Waals surface area (Å²) in [5, 5.41) is 0. The number of imidazole rings is 1. The molecule has 0 saturated heterocycles. The summed E-state index contributed by atoms with van der Waals surface area (Å²) >= 11 is 0. The van der Waals surface area contributed by atoms with E-state index >= 15 is 0 Å². The van der Waals surface area contributed by atoms with E-state index in [4.69, 9.17) is 0 Å². The molecule has 0 bridgehead atoms. The largest absolute Gasteiger partial charge is 0.244 e. The van der Waals surface area contributed by atoms with Gasteiger partial charge in [-0.2, -0.15) is 0 Å². The molecule has 2 heteroatoms. The summed E-state index contributed by atoms with van der Waals surface area (Å²) in [7, 11) is 0. The van der Waals surface area contributed by atoms with Crippen molar-refractivity contribution in [2.75, 3.05) is 0 Å². The van der Waals surface area contributed by atoms with E-state index in [1.807, 2.05) is 18.2 Å². The fraction of sp³-hybridized carbons (Fsp3) is 0.133. The maximum Gasteiger partial charge on any atom is 0.244 e. The van der Waals surface area contributed by atoms with Crippen LogP contribution in [0.25, 0.3) is 6.08 Å². The van der Waals surface area contributed by atoms with Crippen molar-refractivity contribution in [1.29, 1.82) is 0 Å². The van der Waals surface area contributed by atoms with Gasteiger partial charge in [0, 0.05) is 5.56 Å². The SMILES string of the molecule is C=CCn1cc[n+](Cc2ccccc2C=C)c1. The van der Waals surface area contributed by atoms with Crippen molar-refractivity contribution >= 4 is 6.08 Å². The van der Waals surface area contributed by atoms with Gasteiger partial charge in [-0.05, 0) is 5.56 Å². The highest BCUT2D eigenvalue weighted by Crippen LogP contribution is 2.09. The van der Waals surface area contributed by atoms with Crippen LogP contribution >= 0.6 is 0 Å². The first-order valence-corrected chi connectivity index (χ1v) is 5.69. The van der Waals surface area contributed by atoms with Crippen LogP contribution in [0.3, 0.4) is 0 Å². The number of allylic oxidation sites excluding steroid dienone is 1. The quantitative estimate of drug-likeness (QED) is 0.546. The van der Waals surface area contributed by atoms with E-state index in [9.17, 15) is 0 Å². The normalized spacial score (nSPS) is 10.1. The Labute approximate surface area is 102 Å². The van der Waals surface area contributed by atoms with Crippen molar-refractivity contribution in [2.45, 2.75) is 13.1 Å². The Morgan fingerprint density at radius 1 is 1.24 bits per heavy atom. The lowest BCUT2D eigenvalue weighted by Crippen LogP contribution is -2.31. The Bertz CT molecular complexity index is 523. The summed E-state index contributed by atoms with van der Waals surface area (Å²) in [5.41, 5.74) is 2.47. The van der Waals surface area contributed by atoms with Gasteiger partial charge >= 0.3 is 0 Å². The van der Waals surface area contributed by atoms with E-state index in [-0.39, 0.29) is 0 Å². The van der Waals surface area contributed by atoms with E-state index in [0.29, 0.717) is 0 Å². The zero-order valence-electron chi connectivity index (χ0n) is 9.92. The molecule has 17 heavy (non-hydrogen) atoms. The van der Waals surface area contributed by atoms with E-state index < -0.39 is 0 Å². The molecular formula is C15H17N2+. The Morgan fingerprint density at radius 2 is 2.06 bits per heavy atom. The topological polar surface area (TPSA) is 8.81 Å². The summed E-state index contributed by atoms with van der Waals surface area (Å²) in [6.07, 6.45) is 10.0. The fourth-order valence-electron chi connectivity index (χ4n) is 1.86. The molecular weight excluding hydrogens is 208 g/mol. The van der Waals surface area contributed by atoms with Gasteiger partial charge in [-0.15, -0.1) is 0 Å². The molecule has 0 spiro atoms. The molecule has 0 aliphatic heterocycles. The highest BCUT2D eigenvalue weighted by molar-refractivity contribution is 5.51. The Morgan fingerprint density at radius 3 is 2.82 bits per heavy atom. The van der Waals surface area contributed by atoms with Gasteiger partial charge in [-0.3, -0.25) is 0 Å². The van der Waals surface area contributed by atoms with Gasteiger partial charge in [0.2, 0.25) is 6.33 Å². The molecule has 2 nitrogen and oxygen atoms in total. The van der Waals surface area contributed by atoms with Gasteiger partial charge in [0.25, 0.3) is 0 Å². The smallest absolute Gasteiger partial charge is 0.233 e. The predicted octanol–water partition coefficient (Wildman–Crippen LogP) is 2.65. The van der Waals surface area contributed by atoms with Gasteiger partial charge in [0.15, 0.2) is 0 Å². The fourth-order valence-corrected chi connectivity index (χ4v) is 1.86. The maximum absolute atomic E-state index is 3.84. The van der Waals surface area contributed by atoms with Crippen LogP contribution < -0.4 is 4.57 Å². The third-order valence-corrected chi connectivity index (χ3v) is 2.71. The molecule has 0 amide bonds. The Hall–Kier alpha value is -2.09. The molecule has 1 aromatic carbocycles. The Kier molecular flexibility index (Phi) is 3.55. The van der Waals surface area contributed by atoms with E-state index in [0.717, 1.165) is 13.1 Å². The second kappa shape index (κ2) is 5.30. The van der Waals surface area contributed by atoms with Crippen molar-refractivity contribution in [3.05, 3.63) is 73.3 Å². The molecule has 0 aliphatic carbocycles. The van der Waals surface area contributed by atoms with Crippen molar-refractivity contribution in [3.63, 3.8) is 0 Å². The van der Waals surface area contributed by atoms with E-state index in [1.54, 1.807) is 0 Å². The van der Waals surface area contributed by atoms with Crippen LogP contribution in [-0.2, 0) is 13.1 Å². The minimum Gasteiger partial charge on any atom is -0.233 e. The molecule has 0 saturated carbocycles. The number of aromatic nitrogens is 2. The van der Waals surface area contributed by atoms with E-state index in [1.165, 1.54) is 11.1 Å². The van der Waals surface area contributed by atoms with Crippen LogP contribution in [0.5, 0.6) is 0 Å². The zero-order valence-corrected chi connectivity index (χ0v) is 9.92.